The third-order valence-electron chi connectivity index (χ3n) is 10.2. The summed E-state index contributed by atoms with van der Waals surface area (Å²) in [6, 6.07) is 11.0. The molecule has 8 rings (SSSR count). The number of benzene rings is 2. The number of fused-ring (bicyclic) bond motifs is 4. The summed E-state index contributed by atoms with van der Waals surface area (Å²) in [4.78, 5) is 35.6. The summed E-state index contributed by atoms with van der Waals surface area (Å²) >= 11 is 4.45. The normalized spacial score (nSPS) is 19.8. The van der Waals surface area contributed by atoms with Crippen LogP contribution in [0.3, 0.4) is 0 Å². The van der Waals surface area contributed by atoms with Gasteiger partial charge < -0.3 is 59.6 Å². The number of hydrogen-bond donors (Lipinski definition) is 4. The number of nitrogens with one attached hydrogen (secondary N) is 3. The number of rotatable bonds is 10. The van der Waals surface area contributed by atoms with Crippen molar-refractivity contribution in [3.8, 4) is 23.3 Å². The first kappa shape index (κ1) is 65.1. The highest BCUT2D eigenvalue weighted by Gasteiger charge is 2.35. The lowest BCUT2D eigenvalue weighted by molar-refractivity contribution is -0.139. The number of morpholine rings is 2. The monoisotopic (exact) mass is 1120 g/mol. The fourth-order valence-corrected chi connectivity index (χ4v) is 7.36. The number of ether oxygens (including phenoxy) is 8. The summed E-state index contributed by atoms with van der Waals surface area (Å²) in [5, 5.41) is 10.3. The predicted molar refractivity (Wildman–Crippen MR) is 274 cm³/mol. The highest BCUT2D eigenvalue weighted by atomic mass is 35.5. The van der Waals surface area contributed by atoms with Gasteiger partial charge in [0.25, 0.3) is 24.7 Å². The van der Waals surface area contributed by atoms with Crippen LogP contribution in [0.1, 0.15) is 78.4 Å². The van der Waals surface area contributed by atoms with Crippen molar-refractivity contribution in [1.82, 2.24) is 30.6 Å². The van der Waals surface area contributed by atoms with E-state index < -0.39 is 23.1 Å². The molecule has 0 aliphatic carbocycles. The van der Waals surface area contributed by atoms with Gasteiger partial charge in [0.15, 0.2) is 11.0 Å². The predicted octanol–water partition coefficient (Wildman–Crippen LogP) is 5.90. The molecule has 4 atom stereocenters. The second-order valence-electron chi connectivity index (χ2n) is 18.6. The van der Waals surface area contributed by atoms with E-state index in [0.29, 0.717) is 73.0 Å². The minimum absolute atomic E-state index is 0.0120. The molecule has 4 aromatic rings. The number of halogens is 3. The summed E-state index contributed by atoms with van der Waals surface area (Å²) < 4.78 is 103. The van der Waals surface area contributed by atoms with Gasteiger partial charge in [-0.15, -0.1) is 0 Å². The topological polar surface area (TPSA) is 290 Å². The van der Waals surface area contributed by atoms with E-state index in [-0.39, 0.29) is 58.0 Å². The lowest BCUT2D eigenvalue weighted by Gasteiger charge is -2.39. The Morgan fingerprint density at radius 1 is 0.667 bits per heavy atom. The van der Waals surface area contributed by atoms with Crippen LogP contribution >= 0.6 is 11.6 Å². The lowest BCUT2D eigenvalue weighted by atomic mass is 9.95. The second kappa shape index (κ2) is 33.8. The van der Waals surface area contributed by atoms with Gasteiger partial charge in [0.2, 0.25) is 11.5 Å². The number of hydrogen-bond acceptors (Lipinski definition) is 22. The molecule has 4 unspecified atom stereocenters. The first-order valence-electron chi connectivity index (χ1n) is 23.1. The van der Waals surface area contributed by atoms with Crippen molar-refractivity contribution in [2.24, 2.45) is 0 Å². The number of nitrogens with zero attached hydrogens (tertiary/aromatic N) is 4. The fourth-order valence-electron chi connectivity index (χ4n) is 7.16. The Morgan fingerprint density at radius 2 is 1.07 bits per heavy atom. The molecule has 0 spiro atoms. The number of nitrogen functional groups attached to an aromatic ring is 1. The standard InChI is InChI=1S/C19H23FN4O3.C12H16ClN3O3.C7H8FN.2C5H10O2.2O2S/c1-11-3-4-16(15(20)5-11)24-18-17(25-2)19(22-10-21-18)27-14-6-12-8-26-9-13(7-14)23-12;1-17-10-11(13)14-6-15-12(10)19-9-2-7-4-18-5-8(3-9)16-7;1-5-2-3-7(9)6(8)4-5;2*1-5(2,3)7-4-6;2*1-3-2/h3-5,10,12-14,23H,6-9H2,1-2H3,(H,21,22,24);6-9,16H,2-5H2,1H3;2-4H,9H2,1H3;2*4H,1-3H3;;. The molecule has 22 nitrogen and oxygen atoms in total. The molecule has 4 fully saturated rings. The molecule has 416 valence electrons. The van der Waals surface area contributed by atoms with Crippen molar-refractivity contribution in [3.63, 3.8) is 0 Å². The van der Waals surface area contributed by atoms with Gasteiger partial charge in [0.05, 0.1) is 52.0 Å². The maximum atomic E-state index is 14.2. The van der Waals surface area contributed by atoms with Crippen LogP contribution in [0.5, 0.6) is 23.3 Å². The van der Waals surface area contributed by atoms with Crippen molar-refractivity contribution < 1.29 is 73.1 Å². The van der Waals surface area contributed by atoms with Gasteiger partial charge in [-0.05, 0) is 90.8 Å². The van der Waals surface area contributed by atoms with Gasteiger partial charge in [-0.2, -0.15) is 26.8 Å². The maximum absolute atomic E-state index is 14.2. The van der Waals surface area contributed by atoms with E-state index in [4.69, 9.17) is 62.6 Å². The average Bonchev–Trinajstić information content (AvgIpc) is 3.32. The van der Waals surface area contributed by atoms with E-state index >= 15 is 0 Å². The van der Waals surface area contributed by atoms with Crippen LogP contribution in [0.25, 0.3) is 0 Å². The minimum Gasteiger partial charge on any atom is -0.489 e. The summed E-state index contributed by atoms with van der Waals surface area (Å²) in [6.45, 7) is 18.4. The smallest absolute Gasteiger partial charge is 0.335 e. The number of methoxy groups -OCH3 is 2. The Kier molecular flexibility index (Phi) is 29.3. The van der Waals surface area contributed by atoms with Crippen LogP contribution in [0, 0.1) is 25.5 Å². The number of anilines is 3. The Labute approximate surface area is 447 Å². The lowest BCUT2D eigenvalue weighted by Crippen LogP contribution is -2.56. The van der Waals surface area contributed by atoms with E-state index in [1.807, 2.05) is 61.5 Å². The van der Waals surface area contributed by atoms with Crippen molar-refractivity contribution in [3.05, 3.63) is 77.0 Å². The Bertz CT molecular complexity index is 2400. The van der Waals surface area contributed by atoms with Crippen LogP contribution < -0.4 is 40.6 Å². The molecule has 2 aromatic carbocycles. The highest BCUT2D eigenvalue weighted by Crippen LogP contribution is 2.36. The van der Waals surface area contributed by atoms with E-state index in [0.717, 1.165) is 50.0 Å². The second-order valence-corrected chi connectivity index (χ2v) is 19.2. The molecule has 0 radical (unpaired) electrons. The van der Waals surface area contributed by atoms with Gasteiger partial charge in [-0.25, -0.2) is 18.7 Å². The third kappa shape index (κ3) is 25.4. The summed E-state index contributed by atoms with van der Waals surface area (Å²) in [6.07, 6.45) is 6.32. The van der Waals surface area contributed by atoms with Crippen molar-refractivity contribution in [1.29, 1.82) is 0 Å². The van der Waals surface area contributed by atoms with Gasteiger partial charge in [0, 0.05) is 49.9 Å². The summed E-state index contributed by atoms with van der Waals surface area (Å²) in [7, 11) is 3.05. The van der Waals surface area contributed by atoms with E-state index in [9.17, 15) is 18.4 Å². The number of carbonyl (C=O) groups excluding carboxylic acids is 2. The van der Waals surface area contributed by atoms with Crippen molar-refractivity contribution in [2.45, 2.75) is 129 Å². The van der Waals surface area contributed by atoms with E-state index in [1.165, 1.54) is 39.0 Å². The molecule has 4 saturated heterocycles. The van der Waals surface area contributed by atoms with Crippen molar-refractivity contribution >= 4 is 64.9 Å². The molecule has 4 bridgehead atoms. The number of aromatic nitrogens is 4. The number of nitrogens with two attached hydrogens (primary N) is 1. The van der Waals surface area contributed by atoms with E-state index in [2.05, 4.69) is 45.4 Å². The molecule has 27 heteroatoms. The average molecular weight is 1120 g/mol. The summed E-state index contributed by atoms with van der Waals surface area (Å²) in [5.74, 6) is 1.19. The molecular formula is C48H67ClF2N8O14S2. The maximum Gasteiger partial charge on any atom is 0.335 e. The van der Waals surface area contributed by atoms with Gasteiger partial charge in [-0.1, -0.05) is 23.7 Å². The largest absolute Gasteiger partial charge is 0.489 e. The molecule has 2 aromatic heterocycles. The van der Waals surface area contributed by atoms with Gasteiger partial charge in [-0.3, -0.25) is 9.59 Å². The molecular weight excluding hydrogens is 1050 g/mol. The third-order valence-corrected chi connectivity index (χ3v) is 10.5. The van der Waals surface area contributed by atoms with Crippen LogP contribution in [-0.4, -0.2) is 138 Å². The molecule has 4 aliphatic heterocycles. The minimum atomic E-state index is -0.750. The van der Waals surface area contributed by atoms with Gasteiger partial charge in [0.1, 0.15) is 47.7 Å². The van der Waals surface area contributed by atoms with Crippen molar-refractivity contribution in [2.75, 3.05) is 51.7 Å². The number of carbonyl (C=O) groups is 2. The zero-order valence-electron chi connectivity index (χ0n) is 43.4. The van der Waals surface area contributed by atoms with E-state index in [1.54, 1.807) is 18.2 Å². The summed E-state index contributed by atoms with van der Waals surface area (Å²) in [5.41, 5.74) is 6.84. The fraction of sp³-hybridized carbons (Fsp3) is 0.542. The highest BCUT2D eigenvalue weighted by molar-refractivity contribution is 7.51. The van der Waals surface area contributed by atoms with Gasteiger partial charge >= 0.3 is 23.1 Å². The molecule has 0 amide bonds. The first-order chi connectivity index (χ1) is 35.5. The Balaban J connectivity index is 0.000000347. The molecule has 0 saturated carbocycles. The van der Waals surface area contributed by atoms with Crippen LogP contribution in [0.15, 0.2) is 49.1 Å². The van der Waals surface area contributed by atoms with Crippen LogP contribution in [-0.2, 0) is 51.7 Å². The molecule has 5 N–H and O–H groups in total. The number of aryl methyl sites for hydroxylation is 2. The molecule has 75 heavy (non-hydrogen) atoms. The first-order valence-corrected chi connectivity index (χ1v) is 24.8. The zero-order chi connectivity index (χ0) is 56.1. The molecule has 4 aliphatic rings. The number of piperidine rings is 2. The zero-order valence-corrected chi connectivity index (χ0v) is 45.8. The van der Waals surface area contributed by atoms with Crippen LogP contribution in [0.4, 0.5) is 26.0 Å². The Hall–Kier alpha value is -6.03. The quantitative estimate of drug-likeness (QED) is 0.0816. The van der Waals surface area contributed by atoms with Crippen LogP contribution in [0.2, 0.25) is 5.15 Å². The molecule has 6 heterocycles. The SMILES string of the molecule is CC(C)(C)OC=O.CC(C)(C)OC=O.COc1c(Cl)ncnc1OC1CC2COCC(C1)N2.COc1c(Nc2ccc(C)cc2F)ncnc1OC1CC2COCC(C1)N2.Cc1ccc(N)c(F)c1.O=S=O.O=S=O. The Morgan fingerprint density at radius 3 is 1.43 bits per heavy atom.